The summed E-state index contributed by atoms with van der Waals surface area (Å²) in [5, 5.41) is 5.16. The maximum absolute atomic E-state index is 12.4. The Kier molecular flexibility index (Phi) is 4.57. The SMILES string of the molecule is C[C@]12CCCC[C@H]1[C@@H]2C(=O)N/N=C\c1ccc(-c2ccc(Cl)cc2Cl)o1. The first-order valence-corrected chi connectivity index (χ1v) is 9.63. The smallest absolute Gasteiger partial charge is 0.244 e. The molecule has 1 amide bonds. The molecule has 1 aromatic heterocycles. The lowest BCUT2D eigenvalue weighted by molar-refractivity contribution is -0.123. The largest absolute Gasteiger partial charge is 0.455 e. The van der Waals surface area contributed by atoms with E-state index in [0.717, 1.165) is 18.4 Å². The van der Waals surface area contributed by atoms with Crippen LogP contribution in [0.4, 0.5) is 0 Å². The highest BCUT2D eigenvalue weighted by molar-refractivity contribution is 6.36. The Labute approximate surface area is 162 Å². The first kappa shape index (κ1) is 17.6. The number of amides is 1. The number of carbonyl (C=O) groups is 1. The van der Waals surface area contributed by atoms with Crippen molar-refractivity contribution in [3.63, 3.8) is 0 Å². The third kappa shape index (κ3) is 3.17. The highest BCUT2D eigenvalue weighted by Gasteiger charge is 2.64. The van der Waals surface area contributed by atoms with Gasteiger partial charge in [0.15, 0.2) is 0 Å². The maximum atomic E-state index is 12.4. The van der Waals surface area contributed by atoms with E-state index in [1.54, 1.807) is 18.2 Å². The van der Waals surface area contributed by atoms with Crippen LogP contribution < -0.4 is 5.43 Å². The fourth-order valence-electron chi connectivity index (χ4n) is 4.34. The summed E-state index contributed by atoms with van der Waals surface area (Å²) in [6.45, 7) is 2.22. The van der Waals surface area contributed by atoms with Gasteiger partial charge in [0.25, 0.3) is 0 Å². The second-order valence-electron chi connectivity index (χ2n) is 7.40. The minimum Gasteiger partial charge on any atom is -0.455 e. The highest BCUT2D eigenvalue weighted by Crippen LogP contribution is 2.66. The average molecular weight is 391 g/mol. The lowest BCUT2D eigenvalue weighted by atomic mass is 9.90. The summed E-state index contributed by atoms with van der Waals surface area (Å²) >= 11 is 12.1. The van der Waals surface area contributed by atoms with Crippen molar-refractivity contribution in [2.45, 2.75) is 32.6 Å². The molecule has 0 radical (unpaired) electrons. The quantitative estimate of drug-likeness (QED) is 0.550. The number of nitrogens with zero attached hydrogens (tertiary/aromatic N) is 1. The van der Waals surface area contributed by atoms with Gasteiger partial charge in [-0.15, -0.1) is 0 Å². The van der Waals surface area contributed by atoms with E-state index in [1.165, 1.54) is 19.1 Å². The Balaban J connectivity index is 1.39. The molecule has 2 fully saturated rings. The normalized spacial score (nSPS) is 27.3. The predicted molar refractivity (Wildman–Crippen MR) is 103 cm³/mol. The van der Waals surface area contributed by atoms with Crippen molar-refractivity contribution in [3.05, 3.63) is 46.1 Å². The molecule has 1 N–H and O–H groups in total. The van der Waals surface area contributed by atoms with Gasteiger partial charge in [-0.2, -0.15) is 5.10 Å². The van der Waals surface area contributed by atoms with E-state index < -0.39 is 0 Å². The third-order valence-electron chi connectivity index (χ3n) is 5.80. The van der Waals surface area contributed by atoms with E-state index in [1.807, 2.05) is 12.1 Å². The summed E-state index contributed by atoms with van der Waals surface area (Å²) in [7, 11) is 0. The van der Waals surface area contributed by atoms with Gasteiger partial charge in [0.05, 0.1) is 11.2 Å². The number of hydrogen-bond acceptors (Lipinski definition) is 3. The lowest BCUT2D eigenvalue weighted by Gasteiger charge is -2.15. The van der Waals surface area contributed by atoms with Crippen molar-refractivity contribution in [3.8, 4) is 11.3 Å². The van der Waals surface area contributed by atoms with E-state index in [2.05, 4.69) is 17.5 Å². The van der Waals surface area contributed by atoms with Gasteiger partial charge in [-0.3, -0.25) is 4.79 Å². The van der Waals surface area contributed by atoms with Gasteiger partial charge in [-0.05, 0) is 54.5 Å². The molecule has 0 aliphatic heterocycles. The van der Waals surface area contributed by atoms with Crippen molar-refractivity contribution < 1.29 is 9.21 Å². The zero-order valence-corrected chi connectivity index (χ0v) is 16.0. The van der Waals surface area contributed by atoms with Crippen LogP contribution in [0.25, 0.3) is 11.3 Å². The Hall–Kier alpha value is -1.78. The van der Waals surface area contributed by atoms with E-state index in [9.17, 15) is 4.79 Å². The number of rotatable bonds is 4. The molecule has 0 spiro atoms. The van der Waals surface area contributed by atoms with Gasteiger partial charge >= 0.3 is 0 Å². The van der Waals surface area contributed by atoms with E-state index in [-0.39, 0.29) is 17.2 Å². The van der Waals surface area contributed by atoms with Crippen LogP contribution in [0.2, 0.25) is 10.0 Å². The van der Waals surface area contributed by atoms with E-state index >= 15 is 0 Å². The van der Waals surface area contributed by atoms with Crippen molar-refractivity contribution in [1.29, 1.82) is 0 Å². The van der Waals surface area contributed by atoms with Gasteiger partial charge < -0.3 is 4.42 Å². The second kappa shape index (κ2) is 6.75. The van der Waals surface area contributed by atoms with Gasteiger partial charge in [0.1, 0.15) is 11.5 Å². The molecule has 2 aromatic rings. The summed E-state index contributed by atoms with van der Waals surface area (Å²) in [5.41, 5.74) is 3.61. The van der Waals surface area contributed by atoms with Gasteiger partial charge in [-0.1, -0.05) is 43.0 Å². The summed E-state index contributed by atoms with van der Waals surface area (Å²) < 4.78 is 5.73. The second-order valence-corrected chi connectivity index (χ2v) is 8.24. The van der Waals surface area contributed by atoms with Crippen molar-refractivity contribution in [1.82, 2.24) is 5.43 Å². The number of fused-ring (bicyclic) bond motifs is 1. The highest BCUT2D eigenvalue weighted by atomic mass is 35.5. The fourth-order valence-corrected chi connectivity index (χ4v) is 4.84. The number of hydrogen-bond donors (Lipinski definition) is 1. The molecule has 1 heterocycles. The average Bonchev–Trinajstić information content (AvgIpc) is 2.97. The Morgan fingerprint density at radius 2 is 2.15 bits per heavy atom. The molecule has 3 atom stereocenters. The molecule has 4 rings (SSSR count). The number of halogens is 2. The fraction of sp³-hybridized carbons (Fsp3) is 0.400. The number of hydrazone groups is 1. The van der Waals surface area contributed by atoms with Crippen LogP contribution in [0.1, 0.15) is 38.4 Å². The third-order valence-corrected chi connectivity index (χ3v) is 6.35. The van der Waals surface area contributed by atoms with Crippen LogP contribution in [0.5, 0.6) is 0 Å². The Bertz CT molecular complexity index is 876. The van der Waals surface area contributed by atoms with Crippen LogP contribution >= 0.6 is 23.2 Å². The van der Waals surface area contributed by atoms with Crippen molar-refractivity contribution >= 4 is 35.3 Å². The van der Waals surface area contributed by atoms with Crippen LogP contribution in [0.15, 0.2) is 39.9 Å². The standard InChI is InChI=1S/C20H20Cl2N2O2/c1-20-9-3-2-4-15(20)18(20)19(25)24-23-11-13-6-8-17(26-13)14-7-5-12(21)10-16(14)22/h5-8,10-11,15,18H,2-4,9H2,1H3,(H,24,25)/b23-11-/t15-,18+,20-/m0/s1. The van der Waals surface area contributed by atoms with Gasteiger partial charge in [0.2, 0.25) is 5.91 Å². The number of furan rings is 1. The first-order chi connectivity index (χ1) is 12.5. The van der Waals surface area contributed by atoms with Gasteiger partial charge in [-0.25, -0.2) is 5.43 Å². The minimum absolute atomic E-state index is 0.0168. The Morgan fingerprint density at radius 1 is 1.31 bits per heavy atom. The topological polar surface area (TPSA) is 54.6 Å². The molecule has 0 bridgehead atoms. The molecule has 0 unspecified atom stereocenters. The summed E-state index contributed by atoms with van der Waals surface area (Å²) in [4.78, 5) is 12.4. The zero-order valence-electron chi connectivity index (χ0n) is 14.5. The van der Waals surface area contributed by atoms with E-state index in [0.29, 0.717) is 27.5 Å². The molecule has 1 aromatic carbocycles. The lowest BCUT2D eigenvalue weighted by Crippen LogP contribution is -2.22. The molecule has 2 saturated carbocycles. The van der Waals surface area contributed by atoms with Crippen LogP contribution in [-0.2, 0) is 4.79 Å². The molecular formula is C20H20Cl2N2O2. The van der Waals surface area contributed by atoms with E-state index in [4.69, 9.17) is 27.6 Å². The molecule has 136 valence electrons. The molecule has 26 heavy (non-hydrogen) atoms. The maximum Gasteiger partial charge on any atom is 0.244 e. The summed E-state index contributed by atoms with van der Waals surface area (Å²) in [5.74, 6) is 1.81. The first-order valence-electron chi connectivity index (χ1n) is 8.87. The number of carbonyl (C=O) groups excluding carboxylic acids is 1. The molecular weight excluding hydrogens is 371 g/mol. The molecule has 2 aliphatic carbocycles. The molecule has 4 nitrogen and oxygen atoms in total. The van der Waals surface area contributed by atoms with Gasteiger partial charge in [0, 0.05) is 16.5 Å². The molecule has 6 heteroatoms. The van der Waals surface area contributed by atoms with Crippen molar-refractivity contribution in [2.75, 3.05) is 0 Å². The molecule has 2 aliphatic rings. The summed E-state index contributed by atoms with van der Waals surface area (Å²) in [6, 6.07) is 8.84. The predicted octanol–water partition coefficient (Wildman–Crippen LogP) is 5.53. The van der Waals surface area contributed by atoms with Crippen LogP contribution in [0, 0.1) is 17.3 Å². The monoisotopic (exact) mass is 390 g/mol. The minimum atomic E-state index is 0.0168. The number of benzene rings is 1. The van der Waals surface area contributed by atoms with Crippen LogP contribution in [-0.4, -0.2) is 12.1 Å². The zero-order chi connectivity index (χ0) is 18.3. The van der Waals surface area contributed by atoms with Crippen molar-refractivity contribution in [2.24, 2.45) is 22.4 Å². The molecule has 0 saturated heterocycles. The van der Waals surface area contributed by atoms with Crippen LogP contribution in [0.3, 0.4) is 0 Å². The Morgan fingerprint density at radius 3 is 2.88 bits per heavy atom. The summed E-state index contributed by atoms with van der Waals surface area (Å²) in [6.07, 6.45) is 6.27. The number of nitrogens with one attached hydrogen (secondary N) is 1.